The van der Waals surface area contributed by atoms with E-state index in [9.17, 15) is 10.1 Å². The molecule has 0 atom stereocenters. The van der Waals surface area contributed by atoms with Gasteiger partial charge in [0, 0.05) is 23.9 Å². The summed E-state index contributed by atoms with van der Waals surface area (Å²) in [5.74, 6) is 1.97. The van der Waals surface area contributed by atoms with Crippen LogP contribution >= 0.6 is 11.3 Å². The van der Waals surface area contributed by atoms with Gasteiger partial charge >= 0.3 is 0 Å². The van der Waals surface area contributed by atoms with Gasteiger partial charge in [0.2, 0.25) is 17.5 Å². The summed E-state index contributed by atoms with van der Waals surface area (Å²) < 4.78 is 16.7. The number of thiophene rings is 1. The van der Waals surface area contributed by atoms with Gasteiger partial charge in [0.05, 0.1) is 25.6 Å². The maximum absolute atomic E-state index is 13.4. The molecular formula is C24H22N4O4S. The van der Waals surface area contributed by atoms with Gasteiger partial charge in [-0.05, 0) is 48.6 Å². The molecule has 0 aromatic carbocycles. The summed E-state index contributed by atoms with van der Waals surface area (Å²) in [6.07, 6.45) is 4.50. The van der Waals surface area contributed by atoms with E-state index in [1.165, 1.54) is 6.26 Å². The minimum absolute atomic E-state index is 0.103. The van der Waals surface area contributed by atoms with Crippen molar-refractivity contribution in [1.29, 1.82) is 5.26 Å². The number of amides is 1. The van der Waals surface area contributed by atoms with Crippen molar-refractivity contribution in [2.45, 2.75) is 25.9 Å². The first-order chi connectivity index (χ1) is 16.2. The molecule has 0 unspecified atom stereocenters. The van der Waals surface area contributed by atoms with Crippen LogP contribution in [0.4, 0.5) is 5.88 Å². The normalized spacial score (nSPS) is 14.3. The SMILES string of the molecule is N#Cc1nc(-c2ccco2)oc1N1CCC(C(=O)N(Cc2ccco2)Cc2cccs2)CC1. The summed E-state index contributed by atoms with van der Waals surface area (Å²) in [7, 11) is 0. The molecule has 1 amide bonds. The highest BCUT2D eigenvalue weighted by molar-refractivity contribution is 7.09. The van der Waals surface area contributed by atoms with Crippen LogP contribution in [0.25, 0.3) is 11.7 Å². The molecule has 0 spiro atoms. The first-order valence-corrected chi connectivity index (χ1v) is 11.6. The Kier molecular flexibility index (Phi) is 6.00. The molecule has 1 fully saturated rings. The molecule has 4 aromatic rings. The molecule has 0 bridgehead atoms. The van der Waals surface area contributed by atoms with E-state index < -0.39 is 0 Å². The molecule has 0 saturated carbocycles. The quantitative estimate of drug-likeness (QED) is 0.385. The Labute approximate surface area is 194 Å². The number of anilines is 1. The number of furan rings is 2. The number of carbonyl (C=O) groups is 1. The lowest BCUT2D eigenvalue weighted by molar-refractivity contribution is -0.137. The standard InChI is InChI=1S/C24H22N4O4S/c25-14-20-24(32-22(26-20)21-6-2-12-31-21)27-9-7-17(8-10-27)23(29)28(15-18-4-1-11-30-18)16-19-5-3-13-33-19/h1-6,11-13,17H,7-10,15-16H2. The number of oxazole rings is 1. The fourth-order valence-electron chi connectivity index (χ4n) is 4.09. The number of hydrogen-bond acceptors (Lipinski definition) is 8. The summed E-state index contributed by atoms with van der Waals surface area (Å²) in [4.78, 5) is 22.7. The van der Waals surface area contributed by atoms with Crippen LogP contribution in [0.15, 0.2) is 67.6 Å². The Morgan fingerprint density at radius 2 is 1.97 bits per heavy atom. The Balaban J connectivity index is 1.27. The zero-order valence-electron chi connectivity index (χ0n) is 17.8. The van der Waals surface area contributed by atoms with Gasteiger partial charge in [-0.3, -0.25) is 4.79 Å². The molecule has 168 valence electrons. The molecular weight excluding hydrogens is 440 g/mol. The van der Waals surface area contributed by atoms with Gasteiger partial charge in [-0.2, -0.15) is 10.2 Å². The van der Waals surface area contributed by atoms with E-state index in [4.69, 9.17) is 13.3 Å². The Bertz CT molecular complexity index is 1180. The molecule has 0 aliphatic carbocycles. The van der Waals surface area contributed by atoms with Crippen LogP contribution in [0.3, 0.4) is 0 Å². The highest BCUT2D eigenvalue weighted by Crippen LogP contribution is 2.32. The summed E-state index contributed by atoms with van der Waals surface area (Å²) in [6, 6.07) is 13.3. The second-order valence-corrected chi connectivity index (χ2v) is 8.91. The summed E-state index contributed by atoms with van der Waals surface area (Å²) >= 11 is 1.64. The highest BCUT2D eigenvalue weighted by atomic mass is 32.1. The highest BCUT2D eigenvalue weighted by Gasteiger charge is 2.32. The van der Waals surface area contributed by atoms with Crippen molar-refractivity contribution in [3.8, 4) is 17.7 Å². The summed E-state index contributed by atoms with van der Waals surface area (Å²) in [6.45, 7) is 2.21. The third kappa shape index (κ3) is 4.56. The van der Waals surface area contributed by atoms with E-state index in [0.29, 0.717) is 50.7 Å². The van der Waals surface area contributed by atoms with Gasteiger partial charge in [0.15, 0.2) is 5.76 Å². The average molecular weight is 463 g/mol. The van der Waals surface area contributed by atoms with Crippen LogP contribution in [0, 0.1) is 17.2 Å². The van der Waals surface area contributed by atoms with Crippen molar-refractivity contribution in [1.82, 2.24) is 9.88 Å². The van der Waals surface area contributed by atoms with Gasteiger partial charge in [-0.15, -0.1) is 11.3 Å². The third-order valence-corrected chi connectivity index (χ3v) is 6.60. The lowest BCUT2D eigenvalue weighted by Crippen LogP contribution is -2.42. The van der Waals surface area contributed by atoms with Crippen molar-refractivity contribution < 1.29 is 18.0 Å². The first kappa shape index (κ1) is 21.1. The second kappa shape index (κ2) is 9.38. The lowest BCUT2D eigenvalue weighted by atomic mass is 9.95. The number of carbonyl (C=O) groups excluding carboxylic acids is 1. The molecule has 8 nitrogen and oxygen atoms in total. The summed E-state index contributed by atoms with van der Waals surface area (Å²) in [5.41, 5.74) is 0.225. The number of hydrogen-bond donors (Lipinski definition) is 0. The van der Waals surface area contributed by atoms with Crippen molar-refractivity contribution in [3.05, 3.63) is 70.6 Å². The van der Waals surface area contributed by atoms with E-state index in [1.807, 2.05) is 39.4 Å². The Morgan fingerprint density at radius 3 is 2.64 bits per heavy atom. The van der Waals surface area contributed by atoms with Crippen LogP contribution in [0.2, 0.25) is 0 Å². The van der Waals surface area contributed by atoms with E-state index in [-0.39, 0.29) is 23.4 Å². The molecule has 1 saturated heterocycles. The molecule has 33 heavy (non-hydrogen) atoms. The van der Waals surface area contributed by atoms with Gasteiger partial charge in [0.25, 0.3) is 5.89 Å². The van der Waals surface area contributed by atoms with Crippen molar-refractivity contribution in [3.63, 3.8) is 0 Å². The third-order valence-electron chi connectivity index (χ3n) is 5.74. The zero-order valence-corrected chi connectivity index (χ0v) is 18.7. The van der Waals surface area contributed by atoms with Crippen molar-refractivity contribution in [2.75, 3.05) is 18.0 Å². The van der Waals surface area contributed by atoms with Crippen LogP contribution < -0.4 is 4.90 Å². The number of aromatic nitrogens is 1. The van der Waals surface area contributed by atoms with Crippen molar-refractivity contribution >= 4 is 23.1 Å². The summed E-state index contributed by atoms with van der Waals surface area (Å²) in [5, 5.41) is 11.5. The van der Waals surface area contributed by atoms with Gasteiger partial charge < -0.3 is 23.1 Å². The van der Waals surface area contributed by atoms with Crippen molar-refractivity contribution in [2.24, 2.45) is 5.92 Å². The molecule has 1 aliphatic rings. The predicted octanol–water partition coefficient (Wildman–Crippen LogP) is 4.91. The maximum atomic E-state index is 13.4. The monoisotopic (exact) mass is 462 g/mol. The van der Waals surface area contributed by atoms with Crippen LogP contribution in [-0.4, -0.2) is 28.9 Å². The average Bonchev–Trinajstić information content (AvgIpc) is 3.65. The number of nitriles is 1. The fourth-order valence-corrected chi connectivity index (χ4v) is 4.81. The molecule has 5 heterocycles. The first-order valence-electron chi connectivity index (χ1n) is 10.7. The number of rotatable bonds is 7. The van der Waals surface area contributed by atoms with E-state index in [0.717, 1.165) is 10.6 Å². The van der Waals surface area contributed by atoms with Gasteiger partial charge in [-0.1, -0.05) is 6.07 Å². The molecule has 0 radical (unpaired) electrons. The molecule has 4 aromatic heterocycles. The van der Waals surface area contributed by atoms with Crippen LogP contribution in [0.5, 0.6) is 0 Å². The Hall–Kier alpha value is -3.77. The number of piperidine rings is 1. The minimum atomic E-state index is -0.103. The smallest absolute Gasteiger partial charge is 0.266 e. The fraction of sp³-hybridized carbons (Fsp3) is 0.292. The largest absolute Gasteiger partial charge is 0.467 e. The number of nitrogens with zero attached hydrogens (tertiary/aromatic N) is 4. The molecule has 9 heteroatoms. The van der Waals surface area contributed by atoms with E-state index in [1.54, 1.807) is 29.7 Å². The molecule has 5 rings (SSSR count). The Morgan fingerprint density at radius 1 is 1.15 bits per heavy atom. The minimum Gasteiger partial charge on any atom is -0.467 e. The van der Waals surface area contributed by atoms with Gasteiger partial charge in [-0.25, -0.2) is 0 Å². The topological polar surface area (TPSA) is 99.7 Å². The van der Waals surface area contributed by atoms with E-state index >= 15 is 0 Å². The van der Waals surface area contributed by atoms with Crippen LogP contribution in [-0.2, 0) is 17.9 Å². The predicted molar refractivity (Wildman–Crippen MR) is 121 cm³/mol. The molecule has 0 N–H and O–H groups in total. The lowest BCUT2D eigenvalue weighted by Gasteiger charge is -2.33. The van der Waals surface area contributed by atoms with Gasteiger partial charge in [0.1, 0.15) is 11.8 Å². The zero-order chi connectivity index (χ0) is 22.6. The van der Waals surface area contributed by atoms with E-state index in [2.05, 4.69) is 11.1 Å². The maximum Gasteiger partial charge on any atom is 0.266 e. The molecule has 1 aliphatic heterocycles. The van der Waals surface area contributed by atoms with Crippen LogP contribution in [0.1, 0.15) is 29.2 Å². The second-order valence-electron chi connectivity index (χ2n) is 7.88.